The highest BCUT2D eigenvalue weighted by atomic mass is 16.5. The predicted octanol–water partition coefficient (Wildman–Crippen LogP) is 3.27. The van der Waals surface area contributed by atoms with Gasteiger partial charge in [-0.15, -0.1) is 0 Å². The van der Waals surface area contributed by atoms with Crippen LogP contribution in [0.25, 0.3) is 0 Å². The summed E-state index contributed by atoms with van der Waals surface area (Å²) in [6.45, 7) is 3.98. The van der Waals surface area contributed by atoms with E-state index in [4.69, 9.17) is 4.74 Å². The summed E-state index contributed by atoms with van der Waals surface area (Å²) in [6.07, 6.45) is 1.34. The maximum atomic E-state index is 12.5. The van der Waals surface area contributed by atoms with E-state index in [-0.39, 0.29) is 24.3 Å². The van der Waals surface area contributed by atoms with Crippen molar-refractivity contribution in [3.8, 4) is 5.75 Å². The number of hydrogen-bond acceptors (Lipinski definition) is 3. The molecule has 0 N–H and O–H groups in total. The smallest absolute Gasteiger partial charge is 0.260 e. The van der Waals surface area contributed by atoms with Crippen molar-refractivity contribution >= 4 is 11.8 Å². The lowest BCUT2D eigenvalue weighted by molar-refractivity contribution is -0.134. The van der Waals surface area contributed by atoms with Crippen LogP contribution in [0.4, 0.5) is 0 Å². The molecule has 1 aliphatic heterocycles. The second-order valence-electron chi connectivity index (χ2n) is 7.54. The molecule has 0 aromatic heterocycles. The van der Waals surface area contributed by atoms with Gasteiger partial charge in [0, 0.05) is 33.1 Å². The molecule has 0 aliphatic carbocycles. The number of benzene rings is 2. The van der Waals surface area contributed by atoms with E-state index in [2.05, 4.69) is 0 Å². The average molecular weight is 380 g/mol. The third kappa shape index (κ3) is 5.59. The summed E-state index contributed by atoms with van der Waals surface area (Å²) in [5, 5.41) is 0. The summed E-state index contributed by atoms with van der Waals surface area (Å²) in [6, 6.07) is 17.6. The zero-order valence-electron chi connectivity index (χ0n) is 16.6. The molecule has 0 spiro atoms. The van der Waals surface area contributed by atoms with Crippen molar-refractivity contribution in [3.05, 3.63) is 65.7 Å². The second kappa shape index (κ2) is 9.40. The van der Waals surface area contributed by atoms with Gasteiger partial charge in [0.1, 0.15) is 5.75 Å². The highest BCUT2D eigenvalue weighted by molar-refractivity contribution is 5.79. The SMILES string of the molecule is Cc1ccc(OCC(=O)N2CCC(CC(=O)N(C)Cc3ccccc3)C2)cc1. The highest BCUT2D eigenvalue weighted by Crippen LogP contribution is 2.21. The Labute approximate surface area is 166 Å². The van der Waals surface area contributed by atoms with Crippen molar-refractivity contribution in [2.75, 3.05) is 26.7 Å². The Balaban J connectivity index is 1.42. The van der Waals surface area contributed by atoms with E-state index >= 15 is 0 Å². The summed E-state index contributed by atoms with van der Waals surface area (Å²) in [7, 11) is 1.84. The molecule has 5 nitrogen and oxygen atoms in total. The minimum Gasteiger partial charge on any atom is -0.484 e. The van der Waals surface area contributed by atoms with Crippen LogP contribution in [-0.2, 0) is 16.1 Å². The lowest BCUT2D eigenvalue weighted by Crippen LogP contribution is -2.34. The summed E-state index contributed by atoms with van der Waals surface area (Å²) in [5.41, 5.74) is 2.28. The van der Waals surface area contributed by atoms with Gasteiger partial charge in [-0.1, -0.05) is 48.0 Å². The zero-order valence-corrected chi connectivity index (χ0v) is 16.6. The van der Waals surface area contributed by atoms with Crippen molar-refractivity contribution in [2.45, 2.75) is 26.3 Å². The van der Waals surface area contributed by atoms with Crippen molar-refractivity contribution < 1.29 is 14.3 Å². The molecule has 28 heavy (non-hydrogen) atoms. The molecule has 5 heteroatoms. The van der Waals surface area contributed by atoms with Gasteiger partial charge in [0.2, 0.25) is 5.91 Å². The molecule has 3 rings (SSSR count). The molecule has 0 bridgehead atoms. The number of nitrogens with zero attached hydrogens (tertiary/aromatic N) is 2. The third-order valence-corrected chi connectivity index (χ3v) is 5.17. The number of rotatable bonds is 7. The number of amides is 2. The summed E-state index contributed by atoms with van der Waals surface area (Å²) >= 11 is 0. The topological polar surface area (TPSA) is 49.9 Å². The van der Waals surface area contributed by atoms with Crippen LogP contribution in [-0.4, -0.2) is 48.4 Å². The first kappa shape index (κ1) is 19.9. The number of hydrogen-bond donors (Lipinski definition) is 0. The van der Waals surface area contributed by atoms with Gasteiger partial charge in [-0.05, 0) is 37.0 Å². The lowest BCUT2D eigenvalue weighted by atomic mass is 10.0. The zero-order chi connectivity index (χ0) is 19.9. The fourth-order valence-electron chi connectivity index (χ4n) is 3.44. The summed E-state index contributed by atoms with van der Waals surface area (Å²) in [4.78, 5) is 28.5. The van der Waals surface area contributed by atoms with Crippen molar-refractivity contribution in [2.24, 2.45) is 5.92 Å². The second-order valence-corrected chi connectivity index (χ2v) is 7.54. The maximum Gasteiger partial charge on any atom is 0.260 e. The van der Waals surface area contributed by atoms with E-state index in [0.29, 0.717) is 31.8 Å². The molecule has 2 amide bonds. The molecule has 1 aliphatic rings. The Hall–Kier alpha value is -2.82. The number of ether oxygens (including phenoxy) is 1. The fourth-order valence-corrected chi connectivity index (χ4v) is 3.44. The number of carbonyl (C=O) groups is 2. The van der Waals surface area contributed by atoms with Gasteiger partial charge in [0.05, 0.1) is 0 Å². The van der Waals surface area contributed by atoms with Crippen LogP contribution < -0.4 is 4.74 Å². The van der Waals surface area contributed by atoms with Crippen LogP contribution in [0.1, 0.15) is 24.0 Å². The largest absolute Gasteiger partial charge is 0.484 e. The number of carbonyl (C=O) groups excluding carboxylic acids is 2. The first-order valence-electron chi connectivity index (χ1n) is 9.76. The van der Waals surface area contributed by atoms with Gasteiger partial charge in [-0.25, -0.2) is 0 Å². The Bertz CT molecular complexity index is 789. The third-order valence-electron chi connectivity index (χ3n) is 5.17. The van der Waals surface area contributed by atoms with Crippen LogP contribution >= 0.6 is 0 Å². The van der Waals surface area contributed by atoms with E-state index in [9.17, 15) is 9.59 Å². The monoisotopic (exact) mass is 380 g/mol. The Morgan fingerprint density at radius 1 is 1.11 bits per heavy atom. The molecule has 2 aromatic rings. The molecule has 148 valence electrons. The van der Waals surface area contributed by atoms with Crippen molar-refractivity contribution in [1.82, 2.24) is 9.80 Å². The quantitative estimate of drug-likeness (QED) is 0.741. The van der Waals surface area contributed by atoms with E-state index in [1.807, 2.05) is 73.5 Å². The van der Waals surface area contributed by atoms with E-state index in [1.165, 1.54) is 0 Å². The van der Waals surface area contributed by atoms with Crippen LogP contribution in [0.15, 0.2) is 54.6 Å². The average Bonchev–Trinajstić information content (AvgIpc) is 3.16. The molecule has 2 aromatic carbocycles. The van der Waals surface area contributed by atoms with Crippen molar-refractivity contribution in [1.29, 1.82) is 0 Å². The molecule has 1 atom stereocenters. The minimum atomic E-state index is -0.0202. The van der Waals surface area contributed by atoms with Gasteiger partial charge < -0.3 is 14.5 Å². The van der Waals surface area contributed by atoms with Crippen LogP contribution in [0.2, 0.25) is 0 Å². The fraction of sp³-hybridized carbons (Fsp3) is 0.391. The molecule has 1 heterocycles. The number of aryl methyl sites for hydroxylation is 1. The van der Waals surface area contributed by atoms with Crippen LogP contribution in [0, 0.1) is 12.8 Å². The van der Waals surface area contributed by atoms with E-state index in [0.717, 1.165) is 17.5 Å². The van der Waals surface area contributed by atoms with Crippen LogP contribution in [0.5, 0.6) is 5.75 Å². The normalized spacial score (nSPS) is 16.1. The van der Waals surface area contributed by atoms with E-state index < -0.39 is 0 Å². The van der Waals surface area contributed by atoms with Gasteiger partial charge >= 0.3 is 0 Å². The highest BCUT2D eigenvalue weighted by Gasteiger charge is 2.28. The summed E-state index contributed by atoms with van der Waals surface area (Å²) < 4.78 is 5.59. The minimum absolute atomic E-state index is 0.0202. The first-order chi connectivity index (χ1) is 13.5. The van der Waals surface area contributed by atoms with Crippen molar-refractivity contribution in [3.63, 3.8) is 0 Å². The Morgan fingerprint density at radius 2 is 1.82 bits per heavy atom. The van der Waals surface area contributed by atoms with Gasteiger partial charge in [-0.3, -0.25) is 9.59 Å². The molecular weight excluding hydrogens is 352 g/mol. The molecule has 1 unspecified atom stereocenters. The van der Waals surface area contributed by atoms with Gasteiger partial charge in [0.25, 0.3) is 5.91 Å². The molecular formula is C23H28N2O3. The Kier molecular flexibility index (Phi) is 6.69. The molecule has 0 saturated carbocycles. The summed E-state index contributed by atoms with van der Waals surface area (Å²) in [5.74, 6) is 1.02. The Morgan fingerprint density at radius 3 is 2.54 bits per heavy atom. The van der Waals surface area contributed by atoms with Crippen LogP contribution in [0.3, 0.4) is 0 Å². The molecule has 0 radical (unpaired) electrons. The maximum absolute atomic E-state index is 12.5. The number of likely N-dealkylation sites (tertiary alicyclic amines) is 1. The van der Waals surface area contributed by atoms with Gasteiger partial charge in [-0.2, -0.15) is 0 Å². The van der Waals surface area contributed by atoms with Gasteiger partial charge in [0.15, 0.2) is 6.61 Å². The molecule has 1 saturated heterocycles. The first-order valence-corrected chi connectivity index (χ1v) is 9.76. The van der Waals surface area contributed by atoms with E-state index in [1.54, 1.807) is 4.90 Å². The lowest BCUT2D eigenvalue weighted by Gasteiger charge is -2.20. The standard InChI is InChI=1S/C23H28N2O3/c1-18-8-10-21(11-9-18)28-17-23(27)25-13-12-20(16-25)14-22(26)24(2)15-19-6-4-3-5-7-19/h3-11,20H,12-17H2,1-2H3. The molecule has 1 fully saturated rings. The predicted molar refractivity (Wildman–Crippen MR) is 109 cm³/mol.